The number of rotatable bonds is 3. The summed E-state index contributed by atoms with van der Waals surface area (Å²) in [6.07, 6.45) is 5.08. The maximum atomic E-state index is 11.7. The molecular formula is C11H19NO. The standard InChI is InChI=1S/C11H19NO/c1-8(2)6-11(13)10-5-3-4-9(10)7-12/h6,9-10H,3-5,7,12H2,1-2H3/t9-,10-/m1/s1. The Morgan fingerprint density at radius 2 is 2.15 bits per heavy atom. The van der Waals surface area contributed by atoms with E-state index in [2.05, 4.69) is 0 Å². The molecule has 13 heavy (non-hydrogen) atoms. The Morgan fingerprint density at radius 1 is 1.46 bits per heavy atom. The number of hydrogen-bond acceptors (Lipinski definition) is 2. The second kappa shape index (κ2) is 4.56. The molecule has 0 saturated heterocycles. The molecule has 0 radical (unpaired) electrons. The predicted octanol–water partition coefficient (Wildman–Crippen LogP) is 1.90. The molecule has 0 unspecified atom stereocenters. The normalized spacial score (nSPS) is 27.3. The van der Waals surface area contributed by atoms with Crippen LogP contribution in [0.15, 0.2) is 11.6 Å². The van der Waals surface area contributed by atoms with Crippen molar-refractivity contribution in [3.05, 3.63) is 11.6 Å². The molecule has 1 aliphatic carbocycles. The highest BCUT2D eigenvalue weighted by atomic mass is 16.1. The van der Waals surface area contributed by atoms with Gasteiger partial charge in [0.15, 0.2) is 5.78 Å². The maximum absolute atomic E-state index is 11.7. The van der Waals surface area contributed by atoms with Gasteiger partial charge in [0.2, 0.25) is 0 Å². The molecule has 0 bridgehead atoms. The first kappa shape index (κ1) is 10.5. The monoisotopic (exact) mass is 181 g/mol. The third-order valence-electron chi connectivity index (χ3n) is 2.76. The van der Waals surface area contributed by atoms with Crippen LogP contribution in [0.25, 0.3) is 0 Å². The fourth-order valence-corrected chi connectivity index (χ4v) is 2.09. The van der Waals surface area contributed by atoms with Crippen LogP contribution in [-0.2, 0) is 4.79 Å². The van der Waals surface area contributed by atoms with Gasteiger partial charge in [-0.1, -0.05) is 12.0 Å². The summed E-state index contributed by atoms with van der Waals surface area (Å²) in [5.74, 6) is 0.927. The zero-order valence-electron chi connectivity index (χ0n) is 8.55. The lowest BCUT2D eigenvalue weighted by atomic mass is 9.91. The molecule has 0 aromatic rings. The van der Waals surface area contributed by atoms with Crippen LogP contribution in [0.1, 0.15) is 33.1 Å². The number of allylic oxidation sites excluding steroid dienone is 2. The number of ketones is 1. The summed E-state index contributed by atoms with van der Waals surface area (Å²) >= 11 is 0. The van der Waals surface area contributed by atoms with Crippen LogP contribution in [0, 0.1) is 11.8 Å². The molecule has 1 rings (SSSR count). The van der Waals surface area contributed by atoms with Crippen LogP contribution < -0.4 is 5.73 Å². The van der Waals surface area contributed by atoms with Gasteiger partial charge in [-0.2, -0.15) is 0 Å². The van der Waals surface area contributed by atoms with Gasteiger partial charge in [-0.25, -0.2) is 0 Å². The van der Waals surface area contributed by atoms with Crippen LogP contribution in [0.2, 0.25) is 0 Å². The molecule has 0 spiro atoms. The molecule has 74 valence electrons. The van der Waals surface area contributed by atoms with Gasteiger partial charge in [0.05, 0.1) is 0 Å². The Kier molecular flexibility index (Phi) is 3.67. The van der Waals surface area contributed by atoms with E-state index in [1.54, 1.807) is 6.08 Å². The van der Waals surface area contributed by atoms with Crippen LogP contribution in [0.5, 0.6) is 0 Å². The molecule has 2 atom stereocenters. The van der Waals surface area contributed by atoms with Crippen molar-refractivity contribution in [1.29, 1.82) is 0 Å². The van der Waals surface area contributed by atoms with Gasteiger partial charge in [-0.15, -0.1) is 0 Å². The van der Waals surface area contributed by atoms with Gasteiger partial charge in [-0.05, 0) is 45.2 Å². The van der Waals surface area contributed by atoms with Crippen LogP contribution in [-0.4, -0.2) is 12.3 Å². The molecule has 2 nitrogen and oxygen atoms in total. The summed E-state index contributed by atoms with van der Waals surface area (Å²) in [4.78, 5) is 11.7. The van der Waals surface area contributed by atoms with Crippen molar-refractivity contribution in [1.82, 2.24) is 0 Å². The first-order valence-electron chi connectivity index (χ1n) is 5.04. The Morgan fingerprint density at radius 3 is 2.69 bits per heavy atom. The fraction of sp³-hybridized carbons (Fsp3) is 0.727. The third kappa shape index (κ3) is 2.66. The molecule has 0 aliphatic heterocycles. The molecule has 0 aromatic heterocycles. The fourth-order valence-electron chi connectivity index (χ4n) is 2.09. The minimum Gasteiger partial charge on any atom is -0.330 e. The number of carbonyl (C=O) groups is 1. The number of hydrogen-bond donors (Lipinski definition) is 1. The molecule has 2 N–H and O–H groups in total. The maximum Gasteiger partial charge on any atom is 0.159 e. The molecule has 1 saturated carbocycles. The molecule has 0 aromatic carbocycles. The van der Waals surface area contributed by atoms with Gasteiger partial charge in [-0.3, -0.25) is 4.79 Å². The van der Waals surface area contributed by atoms with E-state index in [1.807, 2.05) is 13.8 Å². The van der Waals surface area contributed by atoms with Gasteiger partial charge in [0, 0.05) is 5.92 Å². The Bertz CT molecular complexity index is 216. The highest BCUT2D eigenvalue weighted by Crippen LogP contribution is 2.31. The highest BCUT2D eigenvalue weighted by molar-refractivity contribution is 5.92. The van der Waals surface area contributed by atoms with Gasteiger partial charge >= 0.3 is 0 Å². The zero-order chi connectivity index (χ0) is 9.84. The smallest absolute Gasteiger partial charge is 0.159 e. The first-order valence-corrected chi connectivity index (χ1v) is 5.04. The summed E-state index contributed by atoms with van der Waals surface area (Å²) in [6.45, 7) is 4.58. The van der Waals surface area contributed by atoms with Crippen molar-refractivity contribution in [2.24, 2.45) is 17.6 Å². The lowest BCUT2D eigenvalue weighted by molar-refractivity contribution is -0.119. The Balaban J connectivity index is 2.60. The predicted molar refractivity (Wildman–Crippen MR) is 54.3 cm³/mol. The highest BCUT2D eigenvalue weighted by Gasteiger charge is 2.30. The average molecular weight is 181 g/mol. The van der Waals surface area contributed by atoms with Crippen molar-refractivity contribution in [3.8, 4) is 0 Å². The molecule has 2 heteroatoms. The average Bonchev–Trinajstić information content (AvgIpc) is 2.49. The zero-order valence-corrected chi connectivity index (χ0v) is 8.55. The summed E-state index contributed by atoms with van der Waals surface area (Å²) in [5, 5.41) is 0. The molecule has 1 aliphatic rings. The molecular weight excluding hydrogens is 162 g/mol. The second-order valence-corrected chi connectivity index (χ2v) is 4.16. The summed E-state index contributed by atoms with van der Waals surface area (Å²) in [5.41, 5.74) is 6.71. The Labute approximate surface area is 80.2 Å². The van der Waals surface area contributed by atoms with Crippen molar-refractivity contribution in [3.63, 3.8) is 0 Å². The minimum absolute atomic E-state index is 0.208. The Hall–Kier alpha value is -0.630. The molecule has 1 fully saturated rings. The van der Waals surface area contributed by atoms with E-state index in [-0.39, 0.29) is 11.7 Å². The number of carbonyl (C=O) groups excluding carboxylic acids is 1. The minimum atomic E-state index is 0.208. The lowest BCUT2D eigenvalue weighted by Crippen LogP contribution is -2.24. The van der Waals surface area contributed by atoms with E-state index in [9.17, 15) is 4.79 Å². The van der Waals surface area contributed by atoms with E-state index in [1.165, 1.54) is 0 Å². The van der Waals surface area contributed by atoms with E-state index in [4.69, 9.17) is 5.73 Å². The second-order valence-electron chi connectivity index (χ2n) is 4.16. The summed E-state index contributed by atoms with van der Waals surface area (Å²) in [6, 6.07) is 0. The van der Waals surface area contributed by atoms with E-state index in [0.717, 1.165) is 24.8 Å². The van der Waals surface area contributed by atoms with Gasteiger partial charge in [0.25, 0.3) is 0 Å². The number of nitrogens with two attached hydrogens (primary N) is 1. The summed E-state index contributed by atoms with van der Waals surface area (Å²) < 4.78 is 0. The first-order chi connectivity index (χ1) is 6.15. The van der Waals surface area contributed by atoms with Crippen molar-refractivity contribution < 1.29 is 4.79 Å². The van der Waals surface area contributed by atoms with Crippen molar-refractivity contribution in [2.75, 3.05) is 6.54 Å². The van der Waals surface area contributed by atoms with Gasteiger partial charge in [0.1, 0.15) is 0 Å². The largest absolute Gasteiger partial charge is 0.330 e. The summed E-state index contributed by atoms with van der Waals surface area (Å²) in [7, 11) is 0. The topological polar surface area (TPSA) is 43.1 Å². The lowest BCUT2D eigenvalue weighted by Gasteiger charge is -2.14. The molecule has 0 heterocycles. The molecule has 0 amide bonds. The van der Waals surface area contributed by atoms with Gasteiger partial charge < -0.3 is 5.73 Å². The van der Waals surface area contributed by atoms with E-state index >= 15 is 0 Å². The quantitative estimate of drug-likeness (QED) is 0.676. The van der Waals surface area contributed by atoms with E-state index < -0.39 is 0 Å². The third-order valence-corrected chi connectivity index (χ3v) is 2.76. The van der Waals surface area contributed by atoms with E-state index in [0.29, 0.717) is 12.5 Å². The SMILES string of the molecule is CC(C)=CC(=O)[C@@H]1CCC[C@@H]1CN. The van der Waals surface area contributed by atoms with Crippen LogP contribution in [0.3, 0.4) is 0 Å². The van der Waals surface area contributed by atoms with Crippen LogP contribution in [0.4, 0.5) is 0 Å². The van der Waals surface area contributed by atoms with Crippen molar-refractivity contribution in [2.45, 2.75) is 33.1 Å². The van der Waals surface area contributed by atoms with Crippen molar-refractivity contribution >= 4 is 5.78 Å². The van der Waals surface area contributed by atoms with Crippen LogP contribution >= 0.6 is 0 Å².